The molecule has 1 aromatic rings. The summed E-state index contributed by atoms with van der Waals surface area (Å²) in [5.41, 5.74) is 0.901. The second-order valence-corrected chi connectivity index (χ2v) is 8.10. The summed E-state index contributed by atoms with van der Waals surface area (Å²) >= 11 is 1.58. The maximum absolute atomic E-state index is 12.8. The Bertz CT molecular complexity index is 712. The third-order valence-electron chi connectivity index (χ3n) is 4.71. The molecule has 26 heavy (non-hydrogen) atoms. The van der Waals surface area contributed by atoms with Crippen LogP contribution < -0.4 is 5.32 Å². The predicted molar refractivity (Wildman–Crippen MR) is 94.8 cm³/mol. The number of carbonyl (C=O) groups excluding carboxylic acids is 3. The van der Waals surface area contributed by atoms with E-state index in [1.165, 1.54) is 12.1 Å². The minimum atomic E-state index is -0.619. The van der Waals surface area contributed by atoms with E-state index in [2.05, 4.69) is 5.32 Å². The van der Waals surface area contributed by atoms with E-state index >= 15 is 0 Å². The van der Waals surface area contributed by atoms with Gasteiger partial charge < -0.3 is 15.0 Å². The number of benzene rings is 1. The van der Waals surface area contributed by atoms with Crippen molar-refractivity contribution in [3.05, 3.63) is 35.6 Å². The maximum atomic E-state index is 12.8. The minimum Gasteiger partial charge on any atom is -0.454 e. The zero-order valence-corrected chi connectivity index (χ0v) is 15.3. The third-order valence-corrected chi connectivity index (χ3v) is 6.22. The van der Waals surface area contributed by atoms with E-state index in [9.17, 15) is 18.8 Å². The molecular formula is C18H21FN2O4S. The van der Waals surface area contributed by atoms with Crippen LogP contribution in [-0.4, -0.2) is 52.5 Å². The molecule has 2 aliphatic rings. The molecule has 2 fully saturated rings. The molecule has 0 aliphatic carbocycles. The number of carbonyl (C=O) groups is 3. The van der Waals surface area contributed by atoms with Crippen molar-refractivity contribution in [3.63, 3.8) is 0 Å². The van der Waals surface area contributed by atoms with E-state index in [-0.39, 0.29) is 23.2 Å². The van der Waals surface area contributed by atoms with E-state index in [0.717, 1.165) is 12.0 Å². The second kappa shape index (κ2) is 7.65. The highest BCUT2D eigenvalue weighted by Gasteiger charge is 2.53. The zero-order valence-electron chi connectivity index (χ0n) is 14.5. The highest BCUT2D eigenvalue weighted by Crippen LogP contribution is 2.47. The Morgan fingerprint density at radius 1 is 1.38 bits per heavy atom. The van der Waals surface area contributed by atoms with Gasteiger partial charge in [-0.1, -0.05) is 12.1 Å². The molecule has 3 rings (SSSR count). The van der Waals surface area contributed by atoms with Crippen molar-refractivity contribution >= 4 is 29.5 Å². The number of nitrogens with zero attached hydrogens (tertiary/aromatic N) is 1. The first-order valence-electron chi connectivity index (χ1n) is 8.53. The molecule has 2 amide bonds. The van der Waals surface area contributed by atoms with Crippen LogP contribution in [0.3, 0.4) is 0 Å². The standard InChI is InChI=1S/C18H21FN2O4S/c1-18-8-6-16(23)21(18)14(11-26-18)17(24)25-10-15(22)20-9-7-12-2-4-13(19)5-3-12/h2-5,14H,6-11H2,1H3,(H,20,22)/t14-,18+/m1/s1. The number of esters is 1. The van der Waals surface area contributed by atoms with Gasteiger partial charge in [-0.25, -0.2) is 9.18 Å². The van der Waals surface area contributed by atoms with Gasteiger partial charge >= 0.3 is 5.97 Å². The number of hydrogen-bond acceptors (Lipinski definition) is 5. The van der Waals surface area contributed by atoms with Crippen molar-refractivity contribution in [1.82, 2.24) is 10.2 Å². The first-order valence-corrected chi connectivity index (χ1v) is 9.51. The highest BCUT2D eigenvalue weighted by molar-refractivity contribution is 8.01. The first-order chi connectivity index (χ1) is 12.4. The maximum Gasteiger partial charge on any atom is 0.330 e. The van der Waals surface area contributed by atoms with Gasteiger partial charge in [0, 0.05) is 18.7 Å². The molecule has 0 radical (unpaired) electrons. The van der Waals surface area contributed by atoms with Gasteiger partial charge in [-0.15, -0.1) is 11.8 Å². The molecule has 0 spiro atoms. The molecule has 2 saturated heterocycles. The topological polar surface area (TPSA) is 75.7 Å². The molecule has 2 aliphatic heterocycles. The number of fused-ring (bicyclic) bond motifs is 1. The van der Waals surface area contributed by atoms with Crippen molar-refractivity contribution in [2.75, 3.05) is 18.9 Å². The quantitative estimate of drug-likeness (QED) is 0.757. The van der Waals surface area contributed by atoms with E-state index < -0.39 is 17.9 Å². The Balaban J connectivity index is 1.41. The van der Waals surface area contributed by atoms with Crippen LogP contribution in [0.25, 0.3) is 0 Å². The van der Waals surface area contributed by atoms with Crippen LogP contribution in [0.4, 0.5) is 4.39 Å². The molecule has 8 heteroatoms. The SMILES string of the molecule is C[C@]12CCC(=O)N1[C@@H](C(=O)OCC(=O)NCCc1ccc(F)cc1)CS2. The lowest BCUT2D eigenvalue weighted by Crippen LogP contribution is -2.47. The Morgan fingerprint density at radius 2 is 2.12 bits per heavy atom. The lowest BCUT2D eigenvalue weighted by Gasteiger charge is -2.29. The van der Waals surface area contributed by atoms with Gasteiger partial charge in [-0.2, -0.15) is 0 Å². The molecule has 0 saturated carbocycles. The van der Waals surface area contributed by atoms with Crippen molar-refractivity contribution < 1.29 is 23.5 Å². The fourth-order valence-electron chi connectivity index (χ4n) is 3.28. The molecular weight excluding hydrogens is 359 g/mol. The fourth-order valence-corrected chi connectivity index (χ4v) is 4.69. The summed E-state index contributed by atoms with van der Waals surface area (Å²) < 4.78 is 17.9. The van der Waals surface area contributed by atoms with Crippen molar-refractivity contribution in [2.45, 2.75) is 37.1 Å². The van der Waals surface area contributed by atoms with Crippen LogP contribution in [0.1, 0.15) is 25.3 Å². The fraction of sp³-hybridized carbons (Fsp3) is 0.500. The molecule has 2 atom stereocenters. The monoisotopic (exact) mass is 380 g/mol. The lowest BCUT2D eigenvalue weighted by atomic mass is 10.1. The highest BCUT2D eigenvalue weighted by atomic mass is 32.2. The number of amides is 2. The van der Waals surface area contributed by atoms with Crippen LogP contribution in [0.2, 0.25) is 0 Å². The minimum absolute atomic E-state index is 0.0387. The van der Waals surface area contributed by atoms with Gasteiger partial charge in [0.05, 0.1) is 4.87 Å². The molecule has 2 heterocycles. The van der Waals surface area contributed by atoms with Crippen LogP contribution in [-0.2, 0) is 25.5 Å². The summed E-state index contributed by atoms with van der Waals surface area (Å²) in [6.07, 6.45) is 1.72. The van der Waals surface area contributed by atoms with E-state index in [4.69, 9.17) is 4.74 Å². The molecule has 1 aromatic carbocycles. The molecule has 6 nitrogen and oxygen atoms in total. The van der Waals surface area contributed by atoms with Gasteiger partial charge in [0.2, 0.25) is 5.91 Å². The van der Waals surface area contributed by atoms with Gasteiger partial charge in [0.1, 0.15) is 11.9 Å². The molecule has 1 N–H and O–H groups in total. The number of halogens is 1. The van der Waals surface area contributed by atoms with E-state index in [0.29, 0.717) is 25.1 Å². The zero-order chi connectivity index (χ0) is 18.7. The summed E-state index contributed by atoms with van der Waals surface area (Å²) in [4.78, 5) is 37.4. The van der Waals surface area contributed by atoms with Gasteiger partial charge in [0.25, 0.3) is 5.91 Å². The molecule has 0 bridgehead atoms. The Hall–Kier alpha value is -2.09. The number of rotatable bonds is 6. The summed E-state index contributed by atoms with van der Waals surface area (Å²) in [5, 5.41) is 2.66. The van der Waals surface area contributed by atoms with Crippen molar-refractivity contribution in [1.29, 1.82) is 0 Å². The predicted octanol–water partition coefficient (Wildman–Crippen LogP) is 1.48. The summed E-state index contributed by atoms with van der Waals surface area (Å²) in [6.45, 7) is 1.95. The van der Waals surface area contributed by atoms with Gasteiger partial charge in [0.15, 0.2) is 6.61 Å². The number of hydrogen-bond donors (Lipinski definition) is 1. The Kier molecular flexibility index (Phi) is 5.50. The summed E-state index contributed by atoms with van der Waals surface area (Å²) in [7, 11) is 0. The van der Waals surface area contributed by atoms with Crippen molar-refractivity contribution in [2.24, 2.45) is 0 Å². The van der Waals surface area contributed by atoms with Crippen LogP contribution in [0, 0.1) is 5.82 Å². The number of ether oxygens (including phenoxy) is 1. The first kappa shape index (κ1) is 18.7. The van der Waals surface area contributed by atoms with E-state index in [1.807, 2.05) is 6.92 Å². The van der Waals surface area contributed by atoms with Crippen LogP contribution in [0.5, 0.6) is 0 Å². The number of thioether (sulfide) groups is 1. The van der Waals surface area contributed by atoms with Crippen LogP contribution >= 0.6 is 11.8 Å². The second-order valence-electron chi connectivity index (χ2n) is 6.60. The largest absolute Gasteiger partial charge is 0.454 e. The van der Waals surface area contributed by atoms with Gasteiger partial charge in [-0.3, -0.25) is 9.59 Å². The summed E-state index contributed by atoms with van der Waals surface area (Å²) in [6, 6.07) is 5.43. The average molecular weight is 380 g/mol. The molecule has 140 valence electrons. The third kappa shape index (κ3) is 4.00. The molecule has 0 unspecified atom stereocenters. The Morgan fingerprint density at radius 3 is 2.85 bits per heavy atom. The average Bonchev–Trinajstić information content (AvgIpc) is 3.11. The summed E-state index contributed by atoms with van der Waals surface area (Å²) in [5.74, 6) is -0.787. The Labute approximate surface area is 155 Å². The molecule has 0 aromatic heterocycles. The smallest absolute Gasteiger partial charge is 0.330 e. The number of nitrogens with one attached hydrogen (secondary N) is 1. The van der Waals surface area contributed by atoms with Crippen molar-refractivity contribution in [3.8, 4) is 0 Å². The van der Waals surface area contributed by atoms with E-state index in [1.54, 1.807) is 28.8 Å². The van der Waals surface area contributed by atoms with Crippen LogP contribution in [0.15, 0.2) is 24.3 Å². The normalized spacial score (nSPS) is 24.5. The lowest BCUT2D eigenvalue weighted by molar-refractivity contribution is -0.156. The van der Waals surface area contributed by atoms with Gasteiger partial charge in [-0.05, 0) is 37.5 Å².